The zero-order valence-electron chi connectivity index (χ0n) is 10.9. The highest BCUT2D eigenvalue weighted by molar-refractivity contribution is 7.92. The van der Waals surface area contributed by atoms with Gasteiger partial charge in [0, 0.05) is 16.4 Å². The number of hydrogen-bond acceptors (Lipinski definition) is 4. The van der Waals surface area contributed by atoms with Gasteiger partial charge in [-0.15, -0.1) is 0 Å². The van der Waals surface area contributed by atoms with E-state index in [2.05, 4.69) is 5.32 Å². The molecule has 0 heterocycles. The number of amides is 1. The van der Waals surface area contributed by atoms with Gasteiger partial charge >= 0.3 is 0 Å². The minimum absolute atomic E-state index is 0.0537. The summed E-state index contributed by atoms with van der Waals surface area (Å²) >= 11 is 5.79. The standard InChI is InChI=1S/C14H13ClN2O3S/c15-10-2-1-3-12(8-10)17-14(18)9-21(19,20)13-6-4-11(16)5-7-13/h1-8H,9,16H2,(H,17,18). The van der Waals surface area contributed by atoms with Gasteiger partial charge in [-0.2, -0.15) is 0 Å². The number of hydrogen-bond donors (Lipinski definition) is 2. The molecule has 0 unspecified atom stereocenters. The Morgan fingerprint density at radius 2 is 1.81 bits per heavy atom. The van der Waals surface area contributed by atoms with Crippen molar-refractivity contribution in [3.63, 3.8) is 0 Å². The van der Waals surface area contributed by atoms with Crippen LogP contribution in [-0.2, 0) is 14.6 Å². The highest BCUT2D eigenvalue weighted by atomic mass is 35.5. The largest absolute Gasteiger partial charge is 0.399 e. The van der Waals surface area contributed by atoms with E-state index in [1.54, 1.807) is 18.2 Å². The lowest BCUT2D eigenvalue weighted by Crippen LogP contribution is -2.23. The van der Waals surface area contributed by atoms with Crippen molar-refractivity contribution in [2.45, 2.75) is 4.90 Å². The minimum Gasteiger partial charge on any atom is -0.399 e. The SMILES string of the molecule is Nc1ccc(S(=O)(=O)CC(=O)Nc2cccc(Cl)c2)cc1. The third kappa shape index (κ3) is 4.21. The average molecular weight is 325 g/mol. The molecule has 0 saturated heterocycles. The normalized spacial score (nSPS) is 11.1. The first-order valence-electron chi connectivity index (χ1n) is 6.00. The summed E-state index contributed by atoms with van der Waals surface area (Å²) < 4.78 is 24.2. The van der Waals surface area contributed by atoms with Crippen LogP contribution in [0, 0.1) is 0 Å². The maximum Gasteiger partial charge on any atom is 0.239 e. The van der Waals surface area contributed by atoms with Gasteiger partial charge in [0.05, 0.1) is 4.90 Å². The van der Waals surface area contributed by atoms with Crippen molar-refractivity contribution >= 4 is 38.7 Å². The van der Waals surface area contributed by atoms with Gasteiger partial charge in [0.15, 0.2) is 9.84 Å². The lowest BCUT2D eigenvalue weighted by atomic mass is 10.3. The summed E-state index contributed by atoms with van der Waals surface area (Å²) in [5.74, 6) is -1.28. The lowest BCUT2D eigenvalue weighted by Gasteiger charge is -2.07. The smallest absolute Gasteiger partial charge is 0.239 e. The second kappa shape index (κ2) is 6.15. The number of nitrogens with two attached hydrogens (primary N) is 1. The Bertz CT molecular complexity index is 758. The van der Waals surface area contributed by atoms with Crippen LogP contribution in [0.25, 0.3) is 0 Å². The Labute approximate surface area is 127 Å². The van der Waals surface area contributed by atoms with Crippen molar-refractivity contribution in [2.75, 3.05) is 16.8 Å². The van der Waals surface area contributed by atoms with Gasteiger partial charge in [-0.1, -0.05) is 17.7 Å². The van der Waals surface area contributed by atoms with Crippen molar-refractivity contribution in [1.82, 2.24) is 0 Å². The van der Waals surface area contributed by atoms with E-state index < -0.39 is 21.5 Å². The molecule has 2 aromatic carbocycles. The Kier molecular flexibility index (Phi) is 4.50. The first kappa shape index (κ1) is 15.3. The highest BCUT2D eigenvalue weighted by Gasteiger charge is 2.19. The third-order valence-electron chi connectivity index (χ3n) is 2.67. The van der Waals surface area contributed by atoms with Crippen LogP contribution in [0.4, 0.5) is 11.4 Å². The van der Waals surface area contributed by atoms with Crippen LogP contribution in [0.3, 0.4) is 0 Å². The van der Waals surface area contributed by atoms with Crippen LogP contribution in [-0.4, -0.2) is 20.1 Å². The van der Waals surface area contributed by atoms with Crippen LogP contribution >= 0.6 is 11.6 Å². The first-order chi connectivity index (χ1) is 9.87. The van der Waals surface area contributed by atoms with Crippen LogP contribution in [0.2, 0.25) is 5.02 Å². The molecule has 0 saturated carbocycles. The topological polar surface area (TPSA) is 89.3 Å². The zero-order valence-corrected chi connectivity index (χ0v) is 12.5. The quantitative estimate of drug-likeness (QED) is 0.845. The Morgan fingerprint density at radius 3 is 2.43 bits per heavy atom. The molecule has 0 aliphatic carbocycles. The molecule has 0 fully saturated rings. The summed E-state index contributed by atoms with van der Waals surface area (Å²) in [4.78, 5) is 11.9. The molecule has 21 heavy (non-hydrogen) atoms. The minimum atomic E-state index is -3.71. The van der Waals surface area contributed by atoms with Gasteiger partial charge in [0.2, 0.25) is 5.91 Å². The molecule has 0 aromatic heterocycles. The number of rotatable bonds is 4. The number of carbonyl (C=O) groups excluding carboxylic acids is 1. The summed E-state index contributed by atoms with van der Waals surface area (Å²) in [5.41, 5.74) is 6.40. The Morgan fingerprint density at radius 1 is 1.14 bits per heavy atom. The molecule has 0 aliphatic rings. The molecule has 1 amide bonds. The predicted octanol–water partition coefficient (Wildman–Crippen LogP) is 2.33. The monoisotopic (exact) mass is 324 g/mol. The van der Waals surface area contributed by atoms with Crippen molar-refractivity contribution in [1.29, 1.82) is 0 Å². The molecule has 0 bridgehead atoms. The van der Waals surface area contributed by atoms with Crippen molar-refractivity contribution in [3.05, 3.63) is 53.6 Å². The predicted molar refractivity (Wildman–Crippen MR) is 83.0 cm³/mol. The summed E-state index contributed by atoms with van der Waals surface area (Å²) in [6.45, 7) is 0. The molecule has 0 aliphatic heterocycles. The van der Waals surface area contributed by atoms with E-state index in [0.29, 0.717) is 16.4 Å². The van der Waals surface area contributed by atoms with E-state index in [1.165, 1.54) is 30.3 Å². The summed E-state index contributed by atoms with van der Waals surface area (Å²) in [6.07, 6.45) is 0. The highest BCUT2D eigenvalue weighted by Crippen LogP contribution is 2.16. The lowest BCUT2D eigenvalue weighted by molar-refractivity contribution is -0.113. The van der Waals surface area contributed by atoms with Crippen LogP contribution in [0.5, 0.6) is 0 Å². The van der Waals surface area contributed by atoms with E-state index in [4.69, 9.17) is 17.3 Å². The maximum atomic E-state index is 12.1. The molecule has 3 N–H and O–H groups in total. The molecule has 0 atom stereocenters. The molecular formula is C14H13ClN2O3S. The van der Waals surface area contributed by atoms with Crippen LogP contribution < -0.4 is 11.1 Å². The van der Waals surface area contributed by atoms with Gasteiger partial charge < -0.3 is 11.1 Å². The molecular weight excluding hydrogens is 312 g/mol. The number of anilines is 2. The van der Waals surface area contributed by atoms with Gasteiger partial charge in [-0.05, 0) is 42.5 Å². The van der Waals surface area contributed by atoms with Gasteiger partial charge in [0.1, 0.15) is 5.75 Å². The summed E-state index contributed by atoms with van der Waals surface area (Å²) in [5, 5.41) is 2.95. The Balaban J connectivity index is 2.09. The fraction of sp³-hybridized carbons (Fsp3) is 0.0714. The van der Waals surface area contributed by atoms with E-state index in [9.17, 15) is 13.2 Å². The number of carbonyl (C=O) groups is 1. The van der Waals surface area contributed by atoms with E-state index >= 15 is 0 Å². The number of benzene rings is 2. The zero-order chi connectivity index (χ0) is 15.5. The summed E-state index contributed by atoms with van der Waals surface area (Å²) in [6, 6.07) is 12.2. The number of halogens is 1. The molecule has 5 nitrogen and oxygen atoms in total. The van der Waals surface area contributed by atoms with Crippen molar-refractivity contribution in [2.24, 2.45) is 0 Å². The molecule has 2 rings (SSSR count). The van der Waals surface area contributed by atoms with Crippen molar-refractivity contribution < 1.29 is 13.2 Å². The van der Waals surface area contributed by atoms with Crippen LogP contribution in [0.1, 0.15) is 0 Å². The maximum absolute atomic E-state index is 12.1. The molecule has 0 spiro atoms. The third-order valence-corrected chi connectivity index (χ3v) is 4.54. The Hall–Kier alpha value is -2.05. The second-order valence-corrected chi connectivity index (χ2v) is 6.81. The average Bonchev–Trinajstić information content (AvgIpc) is 2.38. The second-order valence-electron chi connectivity index (χ2n) is 4.39. The van der Waals surface area contributed by atoms with E-state index in [1.807, 2.05) is 0 Å². The fourth-order valence-corrected chi connectivity index (χ4v) is 3.02. The molecule has 7 heteroatoms. The van der Waals surface area contributed by atoms with Gasteiger partial charge in [-0.25, -0.2) is 8.42 Å². The van der Waals surface area contributed by atoms with E-state index in [0.717, 1.165) is 0 Å². The van der Waals surface area contributed by atoms with E-state index in [-0.39, 0.29) is 4.90 Å². The number of nitrogen functional groups attached to an aromatic ring is 1. The van der Waals surface area contributed by atoms with Crippen molar-refractivity contribution in [3.8, 4) is 0 Å². The molecule has 110 valence electrons. The molecule has 0 radical (unpaired) electrons. The van der Waals surface area contributed by atoms with Gasteiger partial charge in [0.25, 0.3) is 0 Å². The van der Waals surface area contributed by atoms with Crippen LogP contribution in [0.15, 0.2) is 53.4 Å². The fourth-order valence-electron chi connectivity index (χ4n) is 1.69. The van der Waals surface area contributed by atoms with Gasteiger partial charge in [-0.3, -0.25) is 4.79 Å². The molecule has 2 aromatic rings. The number of nitrogens with one attached hydrogen (secondary N) is 1. The number of sulfone groups is 1. The summed E-state index contributed by atoms with van der Waals surface area (Å²) in [7, 11) is -3.71. The first-order valence-corrected chi connectivity index (χ1v) is 8.03.